The van der Waals surface area contributed by atoms with E-state index < -0.39 is 15.9 Å². The number of hydrogen-bond donors (Lipinski definition) is 1. The number of benzene rings is 2. The van der Waals surface area contributed by atoms with Crippen LogP contribution in [0.3, 0.4) is 0 Å². The molecule has 3 rings (SSSR count). The summed E-state index contributed by atoms with van der Waals surface area (Å²) in [6, 6.07) is 12.1. The Bertz CT molecular complexity index is 916. The molecule has 1 N–H and O–H groups in total. The molecule has 5 nitrogen and oxygen atoms in total. The zero-order chi connectivity index (χ0) is 18.0. The minimum Gasteiger partial charge on any atom is -0.325 e. The van der Waals surface area contributed by atoms with Crippen LogP contribution in [-0.4, -0.2) is 26.6 Å². The number of rotatable bonds is 5. The molecule has 0 radical (unpaired) electrons. The molecule has 8 heteroatoms. The monoisotopic (exact) mass is 398 g/mol. The number of anilines is 2. The third-order valence-electron chi connectivity index (χ3n) is 3.97. The first-order valence-electron chi connectivity index (χ1n) is 7.70. The van der Waals surface area contributed by atoms with Crippen LogP contribution in [-0.2, 0) is 21.2 Å². The van der Waals surface area contributed by atoms with Gasteiger partial charge in [0.15, 0.2) is 0 Å². The molecule has 0 atom stereocenters. The quantitative estimate of drug-likeness (QED) is 0.834. The summed E-state index contributed by atoms with van der Waals surface area (Å²) < 4.78 is 26.5. The van der Waals surface area contributed by atoms with Gasteiger partial charge >= 0.3 is 0 Å². The number of halogens is 2. The molecule has 1 aliphatic heterocycles. The van der Waals surface area contributed by atoms with Crippen molar-refractivity contribution in [3.8, 4) is 0 Å². The lowest BCUT2D eigenvalue weighted by Gasteiger charge is -2.19. The van der Waals surface area contributed by atoms with Gasteiger partial charge in [0.2, 0.25) is 15.9 Å². The number of nitrogens with one attached hydrogen (secondary N) is 1. The number of amides is 1. The average molecular weight is 399 g/mol. The number of fused-ring (bicyclic) bond motifs is 1. The molecule has 1 aliphatic rings. The van der Waals surface area contributed by atoms with Gasteiger partial charge in [-0.25, -0.2) is 8.42 Å². The fourth-order valence-electron chi connectivity index (χ4n) is 2.73. The van der Waals surface area contributed by atoms with E-state index in [1.165, 1.54) is 10.4 Å². The van der Waals surface area contributed by atoms with Crippen LogP contribution < -0.4 is 9.62 Å². The van der Waals surface area contributed by atoms with Gasteiger partial charge in [0.1, 0.15) is 0 Å². The lowest BCUT2D eigenvalue weighted by atomic mass is 10.2. The average Bonchev–Trinajstić information content (AvgIpc) is 3.01. The summed E-state index contributed by atoms with van der Waals surface area (Å²) in [6.07, 6.45) is 0.530. The summed E-state index contributed by atoms with van der Waals surface area (Å²) in [5.41, 5.74) is 2.10. The van der Waals surface area contributed by atoms with Crippen molar-refractivity contribution in [3.05, 3.63) is 58.1 Å². The second kappa shape index (κ2) is 7.23. The largest absolute Gasteiger partial charge is 0.325 e. The Hall–Kier alpha value is -1.76. The van der Waals surface area contributed by atoms with Crippen LogP contribution in [0.15, 0.2) is 42.5 Å². The van der Waals surface area contributed by atoms with Crippen LogP contribution in [0.25, 0.3) is 0 Å². The van der Waals surface area contributed by atoms with E-state index in [0.717, 1.165) is 5.56 Å². The molecule has 0 unspecified atom stereocenters. The van der Waals surface area contributed by atoms with Gasteiger partial charge in [0, 0.05) is 18.0 Å². The van der Waals surface area contributed by atoms with E-state index in [1.54, 1.807) is 18.2 Å². The van der Waals surface area contributed by atoms with Gasteiger partial charge in [-0.3, -0.25) is 9.10 Å². The summed E-state index contributed by atoms with van der Waals surface area (Å²) in [6.45, 7) is 0.409. The normalized spacial score (nSPS) is 13.6. The van der Waals surface area contributed by atoms with Crippen molar-refractivity contribution in [2.75, 3.05) is 21.9 Å². The van der Waals surface area contributed by atoms with E-state index in [4.69, 9.17) is 23.2 Å². The summed E-state index contributed by atoms with van der Waals surface area (Å²) in [5.74, 6) is -0.682. The zero-order valence-electron chi connectivity index (χ0n) is 13.2. The minimum atomic E-state index is -3.56. The first kappa shape index (κ1) is 18.0. The highest BCUT2D eigenvalue weighted by Crippen LogP contribution is 2.30. The summed E-state index contributed by atoms with van der Waals surface area (Å²) in [5, 5.41) is 3.37. The minimum absolute atomic E-state index is 0.153. The van der Waals surface area contributed by atoms with Crippen LogP contribution in [0.1, 0.15) is 12.0 Å². The fourth-order valence-corrected chi connectivity index (χ4v) is 4.70. The van der Waals surface area contributed by atoms with Crippen molar-refractivity contribution in [2.24, 2.45) is 0 Å². The summed E-state index contributed by atoms with van der Waals surface area (Å²) in [7, 11) is -3.56. The lowest BCUT2D eigenvalue weighted by molar-refractivity contribution is -0.115. The number of sulfonamides is 1. The first-order valence-corrected chi connectivity index (χ1v) is 10.1. The van der Waals surface area contributed by atoms with Crippen LogP contribution >= 0.6 is 23.2 Å². The van der Waals surface area contributed by atoms with Gasteiger partial charge < -0.3 is 5.32 Å². The van der Waals surface area contributed by atoms with Crippen LogP contribution in [0.2, 0.25) is 10.0 Å². The van der Waals surface area contributed by atoms with E-state index in [9.17, 15) is 13.2 Å². The predicted octanol–water partition coefficient (Wildman–Crippen LogP) is 3.71. The molecule has 0 spiro atoms. The fraction of sp³-hybridized carbons (Fsp3) is 0.235. The maximum absolute atomic E-state index is 12.6. The number of carbonyl (C=O) groups excluding carboxylic acids is 1. The van der Waals surface area contributed by atoms with E-state index in [1.807, 2.05) is 18.2 Å². The Balaban J connectivity index is 1.64. The molecule has 2 aromatic rings. The van der Waals surface area contributed by atoms with Gasteiger partial charge in [-0.2, -0.15) is 0 Å². The van der Waals surface area contributed by atoms with Gasteiger partial charge in [0.25, 0.3) is 0 Å². The van der Waals surface area contributed by atoms with Crippen molar-refractivity contribution in [1.29, 1.82) is 0 Å². The molecule has 1 heterocycles. The summed E-state index contributed by atoms with van der Waals surface area (Å²) in [4.78, 5) is 12.1. The smallest absolute Gasteiger partial charge is 0.235 e. The van der Waals surface area contributed by atoms with Crippen molar-refractivity contribution in [2.45, 2.75) is 12.8 Å². The molecule has 0 fully saturated rings. The number of para-hydroxylation sites is 1. The van der Waals surface area contributed by atoms with Crippen LogP contribution in [0.4, 0.5) is 11.4 Å². The Morgan fingerprint density at radius 2 is 1.92 bits per heavy atom. The van der Waals surface area contributed by atoms with Gasteiger partial charge in [0.05, 0.1) is 22.2 Å². The molecule has 0 saturated carbocycles. The van der Waals surface area contributed by atoms with E-state index in [2.05, 4.69) is 5.32 Å². The van der Waals surface area contributed by atoms with Crippen LogP contribution in [0.5, 0.6) is 0 Å². The number of hydrogen-bond acceptors (Lipinski definition) is 3. The van der Waals surface area contributed by atoms with Gasteiger partial charge in [-0.05, 0) is 36.2 Å². The highest BCUT2D eigenvalue weighted by atomic mass is 35.5. The van der Waals surface area contributed by atoms with Crippen molar-refractivity contribution in [1.82, 2.24) is 0 Å². The van der Waals surface area contributed by atoms with Crippen LogP contribution in [0, 0.1) is 0 Å². The predicted molar refractivity (Wildman–Crippen MR) is 101 cm³/mol. The Labute approximate surface area is 156 Å². The topological polar surface area (TPSA) is 66.5 Å². The van der Waals surface area contributed by atoms with Gasteiger partial charge in [-0.15, -0.1) is 0 Å². The SMILES string of the molecule is O=C(CCS(=O)(=O)N1CCc2ccccc21)Nc1ccc(Cl)cc1Cl. The molecule has 132 valence electrons. The maximum atomic E-state index is 12.6. The molecule has 0 saturated heterocycles. The molecule has 25 heavy (non-hydrogen) atoms. The third-order valence-corrected chi connectivity index (χ3v) is 6.29. The Kier molecular flexibility index (Phi) is 5.22. The number of carbonyl (C=O) groups is 1. The third kappa shape index (κ3) is 4.08. The second-order valence-electron chi connectivity index (χ2n) is 5.69. The highest BCUT2D eigenvalue weighted by molar-refractivity contribution is 7.92. The lowest BCUT2D eigenvalue weighted by Crippen LogP contribution is -2.32. The molecular weight excluding hydrogens is 383 g/mol. The standard InChI is InChI=1S/C17H16Cl2N2O3S/c18-13-5-6-15(14(19)11-13)20-17(22)8-10-25(23,24)21-9-7-12-3-1-2-4-16(12)21/h1-6,11H,7-10H2,(H,20,22). The zero-order valence-corrected chi connectivity index (χ0v) is 15.5. The Morgan fingerprint density at radius 3 is 2.68 bits per heavy atom. The second-order valence-corrected chi connectivity index (χ2v) is 8.55. The van der Waals surface area contributed by atoms with Crippen molar-refractivity contribution in [3.63, 3.8) is 0 Å². The highest BCUT2D eigenvalue weighted by Gasteiger charge is 2.29. The molecule has 0 aliphatic carbocycles. The van der Waals surface area contributed by atoms with E-state index in [0.29, 0.717) is 34.4 Å². The molecule has 1 amide bonds. The van der Waals surface area contributed by atoms with E-state index >= 15 is 0 Å². The molecule has 0 bridgehead atoms. The first-order chi connectivity index (χ1) is 11.9. The molecular formula is C17H16Cl2N2O3S. The van der Waals surface area contributed by atoms with Gasteiger partial charge in [-0.1, -0.05) is 41.4 Å². The summed E-state index contributed by atoms with van der Waals surface area (Å²) >= 11 is 11.8. The van der Waals surface area contributed by atoms with Crippen molar-refractivity contribution < 1.29 is 13.2 Å². The molecule has 2 aromatic carbocycles. The maximum Gasteiger partial charge on any atom is 0.235 e. The Morgan fingerprint density at radius 1 is 1.16 bits per heavy atom. The van der Waals surface area contributed by atoms with E-state index in [-0.39, 0.29) is 12.2 Å². The molecule has 0 aromatic heterocycles. The van der Waals surface area contributed by atoms with Crippen molar-refractivity contribution >= 4 is 50.5 Å². The number of nitrogens with zero attached hydrogens (tertiary/aromatic N) is 1.